The molecule has 0 aliphatic carbocycles. The number of likely N-dealkylation sites (tertiary alicyclic amines) is 1. The second-order valence-electron chi connectivity index (χ2n) is 4.29. The van der Waals surface area contributed by atoms with Crippen LogP contribution in [-0.2, 0) is 11.3 Å². The molecule has 1 aliphatic heterocycles. The first kappa shape index (κ1) is 13.3. The van der Waals surface area contributed by atoms with Gasteiger partial charge in [0.1, 0.15) is 6.04 Å². The molecule has 2 heterocycles. The van der Waals surface area contributed by atoms with E-state index < -0.39 is 24.1 Å². The monoisotopic (exact) mass is 270 g/mol. The Hall–Kier alpha value is -2.16. The smallest absolute Gasteiger partial charge is 0.326 e. The van der Waals surface area contributed by atoms with E-state index in [0.29, 0.717) is 5.82 Å². The maximum absolute atomic E-state index is 11.8. The minimum atomic E-state index is -1.14. The third-order valence-corrected chi connectivity index (χ3v) is 2.79. The molecule has 1 saturated heterocycles. The molecule has 104 valence electrons. The van der Waals surface area contributed by atoms with Crippen LogP contribution in [0.2, 0.25) is 0 Å². The number of nitrogens with one attached hydrogen (secondary N) is 1. The Morgan fingerprint density at radius 2 is 2.32 bits per heavy atom. The maximum atomic E-state index is 11.8. The number of aromatic nitrogens is 2. The predicted molar refractivity (Wildman–Crippen MR) is 60.0 cm³/mol. The van der Waals surface area contributed by atoms with Crippen molar-refractivity contribution in [3.8, 4) is 0 Å². The van der Waals surface area contributed by atoms with Gasteiger partial charge >= 0.3 is 12.0 Å². The number of carbonyl (C=O) groups excluding carboxylic acids is 1. The Balaban J connectivity index is 1.93. The van der Waals surface area contributed by atoms with Crippen molar-refractivity contribution in [2.75, 3.05) is 6.54 Å². The number of urea groups is 1. The maximum Gasteiger partial charge on any atom is 0.326 e. The molecule has 2 atom stereocenters. The number of hydrogen-bond acceptors (Lipinski definition) is 6. The predicted octanol–water partition coefficient (Wildman–Crippen LogP) is -0.893. The second-order valence-corrected chi connectivity index (χ2v) is 4.29. The van der Waals surface area contributed by atoms with Gasteiger partial charge in [-0.2, -0.15) is 4.98 Å². The molecule has 1 fully saturated rings. The first-order chi connectivity index (χ1) is 8.97. The number of carbonyl (C=O) groups is 2. The van der Waals surface area contributed by atoms with Crippen molar-refractivity contribution < 1.29 is 24.3 Å². The molecule has 2 amide bonds. The molecule has 0 bridgehead atoms. The third-order valence-electron chi connectivity index (χ3n) is 2.79. The van der Waals surface area contributed by atoms with Gasteiger partial charge in [-0.1, -0.05) is 5.16 Å². The van der Waals surface area contributed by atoms with E-state index in [-0.39, 0.29) is 25.4 Å². The van der Waals surface area contributed by atoms with Crippen LogP contribution in [0.25, 0.3) is 0 Å². The molecule has 0 radical (unpaired) electrons. The van der Waals surface area contributed by atoms with Crippen molar-refractivity contribution in [1.82, 2.24) is 20.4 Å². The number of nitrogens with zero attached hydrogens (tertiary/aromatic N) is 3. The topological polar surface area (TPSA) is 129 Å². The largest absolute Gasteiger partial charge is 0.480 e. The molecule has 0 unspecified atom stereocenters. The van der Waals surface area contributed by atoms with E-state index in [4.69, 9.17) is 9.63 Å². The van der Waals surface area contributed by atoms with E-state index >= 15 is 0 Å². The number of aryl methyl sites for hydroxylation is 1. The quantitative estimate of drug-likeness (QED) is 0.649. The first-order valence-corrected chi connectivity index (χ1v) is 5.72. The van der Waals surface area contributed by atoms with Crippen molar-refractivity contribution >= 4 is 12.0 Å². The minimum Gasteiger partial charge on any atom is -0.480 e. The standard InChI is InChI=1S/C10H14N4O5/c1-5-12-8(19-13-5)3-11-10(18)14-4-6(15)2-7(14)9(16)17/h6-7,15H,2-4H2,1H3,(H,11,18)(H,16,17)/t6-,7-/m0/s1. The van der Waals surface area contributed by atoms with Crippen LogP contribution in [0, 0.1) is 6.92 Å². The van der Waals surface area contributed by atoms with Gasteiger partial charge in [0, 0.05) is 13.0 Å². The summed E-state index contributed by atoms with van der Waals surface area (Å²) in [6.07, 6.45) is -0.792. The van der Waals surface area contributed by atoms with Crippen LogP contribution >= 0.6 is 0 Å². The highest BCUT2D eigenvalue weighted by atomic mass is 16.5. The average Bonchev–Trinajstić information content (AvgIpc) is 2.92. The van der Waals surface area contributed by atoms with Gasteiger partial charge in [-0.3, -0.25) is 0 Å². The number of aliphatic hydroxyl groups is 1. The normalized spacial score (nSPS) is 22.5. The Kier molecular flexibility index (Phi) is 3.65. The van der Waals surface area contributed by atoms with Crippen molar-refractivity contribution in [3.63, 3.8) is 0 Å². The number of rotatable bonds is 3. The third kappa shape index (κ3) is 2.99. The lowest BCUT2D eigenvalue weighted by Gasteiger charge is -2.20. The van der Waals surface area contributed by atoms with Crippen molar-refractivity contribution in [2.45, 2.75) is 32.0 Å². The summed E-state index contributed by atoms with van der Waals surface area (Å²) in [6, 6.07) is -1.60. The van der Waals surface area contributed by atoms with Crippen LogP contribution in [-0.4, -0.2) is 55.9 Å². The van der Waals surface area contributed by atoms with E-state index in [1.165, 1.54) is 0 Å². The Labute approximate surface area is 108 Å². The molecular formula is C10H14N4O5. The zero-order valence-electron chi connectivity index (χ0n) is 10.2. The second kappa shape index (κ2) is 5.22. The fourth-order valence-corrected chi connectivity index (χ4v) is 1.94. The van der Waals surface area contributed by atoms with E-state index in [2.05, 4.69) is 15.5 Å². The van der Waals surface area contributed by atoms with E-state index in [1.807, 2.05) is 0 Å². The first-order valence-electron chi connectivity index (χ1n) is 5.72. The van der Waals surface area contributed by atoms with Gasteiger partial charge in [-0.25, -0.2) is 9.59 Å². The summed E-state index contributed by atoms with van der Waals surface area (Å²) in [5.74, 6) is -0.456. The van der Waals surface area contributed by atoms with Gasteiger partial charge in [-0.05, 0) is 6.92 Å². The summed E-state index contributed by atoms with van der Waals surface area (Å²) >= 11 is 0. The molecule has 0 aromatic carbocycles. The lowest BCUT2D eigenvalue weighted by atomic mass is 10.2. The van der Waals surface area contributed by atoms with Crippen molar-refractivity contribution in [3.05, 3.63) is 11.7 Å². The molecule has 2 rings (SSSR count). The van der Waals surface area contributed by atoms with E-state index in [9.17, 15) is 14.7 Å². The number of carboxylic acid groups (broad SMARTS) is 1. The lowest BCUT2D eigenvalue weighted by Crippen LogP contribution is -2.46. The number of aliphatic hydroxyl groups excluding tert-OH is 1. The van der Waals surface area contributed by atoms with Gasteiger partial charge in [0.05, 0.1) is 12.6 Å². The van der Waals surface area contributed by atoms with E-state index in [1.54, 1.807) is 6.92 Å². The summed E-state index contributed by atoms with van der Waals surface area (Å²) in [4.78, 5) is 27.8. The summed E-state index contributed by atoms with van der Waals surface area (Å²) in [5.41, 5.74) is 0. The fourth-order valence-electron chi connectivity index (χ4n) is 1.94. The lowest BCUT2D eigenvalue weighted by molar-refractivity contribution is -0.141. The number of β-amino-alcohol motifs (C(OH)–C–C–N with tert-alkyl or cyclic N) is 1. The molecular weight excluding hydrogens is 256 g/mol. The number of hydrogen-bond donors (Lipinski definition) is 3. The Morgan fingerprint density at radius 1 is 1.58 bits per heavy atom. The molecule has 9 heteroatoms. The Morgan fingerprint density at radius 3 is 2.89 bits per heavy atom. The summed E-state index contributed by atoms with van der Waals surface area (Å²) in [7, 11) is 0. The van der Waals surface area contributed by atoms with Crippen molar-refractivity contribution in [2.24, 2.45) is 0 Å². The van der Waals surface area contributed by atoms with Gasteiger partial charge in [0.15, 0.2) is 5.82 Å². The van der Waals surface area contributed by atoms with Gasteiger partial charge in [0.25, 0.3) is 0 Å². The SMILES string of the molecule is Cc1noc(CNC(=O)N2C[C@@H](O)C[C@H]2C(=O)O)n1. The highest BCUT2D eigenvalue weighted by Crippen LogP contribution is 2.18. The molecule has 1 aliphatic rings. The number of aliphatic carboxylic acids is 1. The van der Waals surface area contributed by atoms with Crippen LogP contribution in [0.4, 0.5) is 4.79 Å². The molecule has 0 spiro atoms. The highest BCUT2D eigenvalue weighted by Gasteiger charge is 2.38. The molecule has 9 nitrogen and oxygen atoms in total. The van der Waals surface area contributed by atoms with E-state index in [0.717, 1.165) is 4.90 Å². The highest BCUT2D eigenvalue weighted by molar-refractivity contribution is 5.83. The minimum absolute atomic E-state index is 0.00827. The number of amides is 2. The zero-order valence-corrected chi connectivity index (χ0v) is 10.2. The summed E-state index contributed by atoms with van der Waals surface area (Å²) < 4.78 is 4.81. The summed E-state index contributed by atoms with van der Waals surface area (Å²) in [5, 5.41) is 24.4. The molecule has 1 aromatic heterocycles. The number of carboxylic acids is 1. The van der Waals surface area contributed by atoms with Crippen LogP contribution in [0.15, 0.2) is 4.52 Å². The molecule has 1 aromatic rings. The molecule has 3 N–H and O–H groups in total. The van der Waals surface area contributed by atoms with Crippen LogP contribution in [0.5, 0.6) is 0 Å². The molecule has 19 heavy (non-hydrogen) atoms. The van der Waals surface area contributed by atoms with Crippen molar-refractivity contribution in [1.29, 1.82) is 0 Å². The van der Waals surface area contributed by atoms with Gasteiger partial charge in [0.2, 0.25) is 5.89 Å². The zero-order chi connectivity index (χ0) is 14.0. The summed E-state index contributed by atoms with van der Waals surface area (Å²) in [6.45, 7) is 1.65. The Bertz CT molecular complexity index is 488. The average molecular weight is 270 g/mol. The van der Waals surface area contributed by atoms with Gasteiger partial charge in [-0.15, -0.1) is 0 Å². The molecule has 0 saturated carbocycles. The van der Waals surface area contributed by atoms with Crippen LogP contribution in [0.1, 0.15) is 18.1 Å². The van der Waals surface area contributed by atoms with Crippen LogP contribution < -0.4 is 5.32 Å². The fraction of sp³-hybridized carbons (Fsp3) is 0.600. The van der Waals surface area contributed by atoms with Gasteiger partial charge < -0.3 is 25.0 Å². The van der Waals surface area contributed by atoms with Crippen LogP contribution in [0.3, 0.4) is 0 Å².